The zero-order valence-corrected chi connectivity index (χ0v) is 12.2. The number of carbonyl (C=O) groups is 1. The number of fused-ring (bicyclic) bond motifs is 1. The first kappa shape index (κ1) is 13.9. The second kappa shape index (κ2) is 5.72. The Morgan fingerprint density at radius 3 is 2.90 bits per heavy atom. The van der Waals surface area contributed by atoms with E-state index < -0.39 is 0 Å². The van der Waals surface area contributed by atoms with E-state index in [0.29, 0.717) is 17.0 Å². The molecule has 0 spiro atoms. The summed E-state index contributed by atoms with van der Waals surface area (Å²) in [7, 11) is 0. The molecule has 2 atom stereocenters. The average molecular weight is 284 g/mol. The SMILES string of the molecule is CC1CCCCC1NC(=O)c1ccc2cccnc2c1O. The number of rotatable bonds is 2. The molecule has 21 heavy (non-hydrogen) atoms. The molecule has 0 saturated heterocycles. The molecule has 1 aliphatic rings. The lowest BCUT2D eigenvalue weighted by molar-refractivity contribution is 0.0908. The van der Waals surface area contributed by atoms with Crippen LogP contribution in [0.25, 0.3) is 10.9 Å². The molecule has 4 heteroatoms. The number of pyridine rings is 1. The first-order valence-electron chi connectivity index (χ1n) is 7.54. The quantitative estimate of drug-likeness (QED) is 0.890. The summed E-state index contributed by atoms with van der Waals surface area (Å²) in [6.45, 7) is 2.17. The van der Waals surface area contributed by atoms with Crippen molar-refractivity contribution in [2.24, 2.45) is 5.92 Å². The van der Waals surface area contributed by atoms with Crippen LogP contribution in [0.2, 0.25) is 0 Å². The van der Waals surface area contributed by atoms with E-state index in [1.165, 1.54) is 6.42 Å². The third kappa shape index (κ3) is 2.71. The van der Waals surface area contributed by atoms with E-state index in [1.807, 2.05) is 18.2 Å². The molecule has 1 aromatic heterocycles. The summed E-state index contributed by atoms with van der Waals surface area (Å²) < 4.78 is 0. The molecule has 2 aromatic rings. The first-order chi connectivity index (χ1) is 10.2. The van der Waals surface area contributed by atoms with Gasteiger partial charge in [-0.1, -0.05) is 31.9 Å². The van der Waals surface area contributed by atoms with Crippen LogP contribution in [0.5, 0.6) is 5.75 Å². The molecule has 0 bridgehead atoms. The molecule has 2 unspecified atom stereocenters. The van der Waals surface area contributed by atoms with Gasteiger partial charge in [-0.2, -0.15) is 0 Å². The number of nitrogens with zero attached hydrogens (tertiary/aromatic N) is 1. The van der Waals surface area contributed by atoms with Gasteiger partial charge in [0.15, 0.2) is 5.75 Å². The summed E-state index contributed by atoms with van der Waals surface area (Å²) in [4.78, 5) is 16.6. The summed E-state index contributed by atoms with van der Waals surface area (Å²) in [5.41, 5.74) is 0.779. The molecule has 1 fully saturated rings. The Morgan fingerprint density at radius 1 is 1.29 bits per heavy atom. The van der Waals surface area contributed by atoms with Crippen molar-refractivity contribution >= 4 is 16.8 Å². The molecule has 1 aliphatic carbocycles. The Hall–Kier alpha value is -2.10. The lowest BCUT2D eigenvalue weighted by atomic mass is 9.86. The standard InChI is InChI=1S/C17H20N2O2/c1-11-5-2-3-7-14(11)19-17(21)13-9-8-12-6-4-10-18-15(12)16(13)20/h4,6,8-11,14,20H,2-3,5,7H2,1H3,(H,19,21). The third-order valence-electron chi connectivity index (χ3n) is 4.42. The van der Waals surface area contributed by atoms with Crippen LogP contribution in [-0.4, -0.2) is 22.0 Å². The summed E-state index contributed by atoms with van der Waals surface area (Å²) in [5, 5.41) is 14.2. The molecule has 1 aromatic carbocycles. The minimum absolute atomic E-state index is 0.0333. The number of hydrogen-bond acceptors (Lipinski definition) is 3. The number of hydrogen-bond donors (Lipinski definition) is 2. The van der Waals surface area contributed by atoms with E-state index in [-0.39, 0.29) is 17.7 Å². The normalized spacial score (nSPS) is 22.1. The molecule has 110 valence electrons. The molecule has 4 nitrogen and oxygen atoms in total. The highest BCUT2D eigenvalue weighted by Crippen LogP contribution is 2.28. The maximum atomic E-state index is 12.4. The first-order valence-corrected chi connectivity index (χ1v) is 7.54. The van der Waals surface area contributed by atoms with E-state index in [4.69, 9.17) is 0 Å². The van der Waals surface area contributed by atoms with Crippen molar-refractivity contribution in [2.45, 2.75) is 38.6 Å². The Morgan fingerprint density at radius 2 is 2.10 bits per heavy atom. The number of amides is 1. The highest BCUT2D eigenvalue weighted by Gasteiger charge is 2.24. The number of benzene rings is 1. The fourth-order valence-corrected chi connectivity index (χ4v) is 3.09. The Labute approximate surface area is 124 Å². The van der Waals surface area contributed by atoms with Crippen LogP contribution in [0, 0.1) is 5.92 Å². The van der Waals surface area contributed by atoms with Crippen LogP contribution in [0.3, 0.4) is 0 Å². The molecule has 0 aliphatic heterocycles. The van der Waals surface area contributed by atoms with Crippen molar-refractivity contribution in [2.75, 3.05) is 0 Å². The zero-order valence-electron chi connectivity index (χ0n) is 12.2. The van der Waals surface area contributed by atoms with Gasteiger partial charge in [0.1, 0.15) is 5.52 Å². The molecule has 1 heterocycles. The van der Waals surface area contributed by atoms with Gasteiger partial charge in [-0.25, -0.2) is 0 Å². The smallest absolute Gasteiger partial charge is 0.255 e. The van der Waals surface area contributed by atoms with E-state index >= 15 is 0 Å². The number of carbonyl (C=O) groups excluding carboxylic acids is 1. The molecule has 0 radical (unpaired) electrons. The molecule has 1 saturated carbocycles. The van der Waals surface area contributed by atoms with Crippen LogP contribution >= 0.6 is 0 Å². The summed E-state index contributed by atoms with van der Waals surface area (Å²) in [6.07, 6.45) is 6.17. The van der Waals surface area contributed by atoms with Crippen LogP contribution < -0.4 is 5.32 Å². The van der Waals surface area contributed by atoms with Crippen molar-refractivity contribution in [1.29, 1.82) is 0 Å². The van der Waals surface area contributed by atoms with Gasteiger partial charge in [0.05, 0.1) is 5.56 Å². The Balaban J connectivity index is 1.86. The molecular weight excluding hydrogens is 264 g/mol. The number of phenolic OH excluding ortho intramolecular Hbond substituents is 1. The predicted octanol–water partition coefficient (Wildman–Crippen LogP) is 3.25. The van der Waals surface area contributed by atoms with Crippen molar-refractivity contribution in [3.63, 3.8) is 0 Å². The minimum atomic E-state index is -0.209. The maximum Gasteiger partial charge on any atom is 0.255 e. The number of aromatic hydroxyl groups is 1. The van der Waals surface area contributed by atoms with E-state index in [0.717, 1.165) is 24.6 Å². The van der Waals surface area contributed by atoms with Gasteiger partial charge in [-0.3, -0.25) is 9.78 Å². The van der Waals surface area contributed by atoms with Crippen molar-refractivity contribution in [3.05, 3.63) is 36.0 Å². The molecular formula is C17H20N2O2. The second-order valence-corrected chi connectivity index (χ2v) is 5.88. The fourth-order valence-electron chi connectivity index (χ4n) is 3.09. The topological polar surface area (TPSA) is 62.2 Å². The van der Waals surface area contributed by atoms with E-state index in [1.54, 1.807) is 12.3 Å². The molecule has 3 rings (SSSR count). The van der Waals surface area contributed by atoms with Crippen LogP contribution in [0.1, 0.15) is 43.0 Å². The number of aromatic nitrogens is 1. The van der Waals surface area contributed by atoms with Gasteiger partial charge in [0.25, 0.3) is 5.91 Å². The van der Waals surface area contributed by atoms with Gasteiger partial charge in [-0.15, -0.1) is 0 Å². The summed E-state index contributed by atoms with van der Waals surface area (Å²) >= 11 is 0. The van der Waals surface area contributed by atoms with Crippen molar-refractivity contribution in [1.82, 2.24) is 10.3 Å². The minimum Gasteiger partial charge on any atom is -0.505 e. The lowest BCUT2D eigenvalue weighted by Gasteiger charge is -2.29. The largest absolute Gasteiger partial charge is 0.505 e. The van der Waals surface area contributed by atoms with Gasteiger partial charge in [0, 0.05) is 17.6 Å². The van der Waals surface area contributed by atoms with Gasteiger partial charge < -0.3 is 10.4 Å². The molecule has 1 amide bonds. The van der Waals surface area contributed by atoms with Crippen molar-refractivity contribution < 1.29 is 9.90 Å². The lowest BCUT2D eigenvalue weighted by Crippen LogP contribution is -2.41. The maximum absolute atomic E-state index is 12.4. The average Bonchev–Trinajstić information content (AvgIpc) is 2.50. The van der Waals surface area contributed by atoms with Gasteiger partial charge in [-0.05, 0) is 30.9 Å². The van der Waals surface area contributed by atoms with Crippen molar-refractivity contribution in [3.8, 4) is 5.75 Å². The third-order valence-corrected chi connectivity index (χ3v) is 4.42. The van der Waals surface area contributed by atoms with Crippen LogP contribution in [-0.2, 0) is 0 Å². The highest BCUT2D eigenvalue weighted by atomic mass is 16.3. The highest BCUT2D eigenvalue weighted by molar-refractivity contribution is 6.02. The number of phenols is 1. The molecule has 2 N–H and O–H groups in total. The van der Waals surface area contributed by atoms with E-state index in [2.05, 4.69) is 17.2 Å². The van der Waals surface area contributed by atoms with E-state index in [9.17, 15) is 9.90 Å². The fraction of sp³-hybridized carbons (Fsp3) is 0.412. The predicted molar refractivity (Wildman–Crippen MR) is 82.3 cm³/mol. The van der Waals surface area contributed by atoms with Gasteiger partial charge in [0.2, 0.25) is 0 Å². The Bertz CT molecular complexity index is 669. The number of nitrogens with one attached hydrogen (secondary N) is 1. The summed E-state index contributed by atoms with van der Waals surface area (Å²) in [6, 6.07) is 7.37. The van der Waals surface area contributed by atoms with Crippen LogP contribution in [0.15, 0.2) is 30.5 Å². The monoisotopic (exact) mass is 284 g/mol. The van der Waals surface area contributed by atoms with Crippen LogP contribution in [0.4, 0.5) is 0 Å². The second-order valence-electron chi connectivity index (χ2n) is 5.88. The summed E-state index contributed by atoms with van der Waals surface area (Å²) in [5.74, 6) is 0.247. The van der Waals surface area contributed by atoms with Gasteiger partial charge >= 0.3 is 0 Å². The Kier molecular flexibility index (Phi) is 3.78. The zero-order chi connectivity index (χ0) is 14.8.